The van der Waals surface area contributed by atoms with Crippen molar-refractivity contribution in [2.24, 2.45) is 0 Å². The molecule has 0 bridgehead atoms. The van der Waals surface area contributed by atoms with E-state index in [9.17, 15) is 4.79 Å². The minimum Gasteiger partial charge on any atom is -0.361 e. The van der Waals surface area contributed by atoms with E-state index in [1.807, 2.05) is 25.2 Å². The summed E-state index contributed by atoms with van der Waals surface area (Å²) >= 11 is 1.86. The third kappa shape index (κ3) is 3.87. The van der Waals surface area contributed by atoms with E-state index in [0.717, 1.165) is 36.5 Å². The molecule has 130 valence electrons. The molecule has 0 fully saturated rings. The maximum Gasteiger partial charge on any atom is 0.220 e. The molecule has 1 amide bonds. The Bertz CT molecular complexity index is 687. The van der Waals surface area contributed by atoms with Crippen LogP contribution < -0.4 is 5.32 Å². The normalized spacial score (nSPS) is 16.0. The summed E-state index contributed by atoms with van der Waals surface area (Å²) < 4.78 is 5.14. The van der Waals surface area contributed by atoms with Crippen molar-refractivity contribution < 1.29 is 9.32 Å². The molecule has 3 rings (SSSR count). The smallest absolute Gasteiger partial charge is 0.220 e. The Kier molecular flexibility index (Phi) is 5.36. The van der Waals surface area contributed by atoms with Gasteiger partial charge in [-0.05, 0) is 50.6 Å². The molecule has 2 aromatic rings. The average molecular weight is 347 g/mol. The van der Waals surface area contributed by atoms with Crippen molar-refractivity contribution in [2.45, 2.75) is 52.6 Å². The molecule has 24 heavy (non-hydrogen) atoms. The predicted molar refractivity (Wildman–Crippen MR) is 95.2 cm³/mol. The van der Waals surface area contributed by atoms with Crippen LogP contribution in [-0.2, 0) is 24.2 Å². The molecule has 1 N–H and O–H groups in total. The summed E-state index contributed by atoms with van der Waals surface area (Å²) in [5.74, 6) is 0.906. The van der Waals surface area contributed by atoms with Gasteiger partial charge < -0.3 is 9.84 Å². The lowest BCUT2D eigenvalue weighted by atomic mass is 10.1. The highest BCUT2D eigenvalue weighted by atomic mass is 32.1. The van der Waals surface area contributed by atoms with Crippen LogP contribution in [0.3, 0.4) is 0 Å². The molecule has 0 radical (unpaired) electrons. The summed E-state index contributed by atoms with van der Waals surface area (Å²) in [6, 6.07) is 2.57. The summed E-state index contributed by atoms with van der Waals surface area (Å²) in [6.45, 7) is 8.76. The highest BCUT2D eigenvalue weighted by Gasteiger charge is 2.21. The second-order valence-corrected chi connectivity index (χ2v) is 7.55. The maximum absolute atomic E-state index is 12.1. The fourth-order valence-electron chi connectivity index (χ4n) is 3.22. The minimum atomic E-state index is 0.0927. The zero-order valence-corrected chi connectivity index (χ0v) is 15.4. The molecule has 0 aromatic carbocycles. The Hall–Kier alpha value is -1.66. The van der Waals surface area contributed by atoms with Crippen LogP contribution >= 0.6 is 11.3 Å². The number of carbonyl (C=O) groups excluding carboxylic acids is 1. The van der Waals surface area contributed by atoms with Crippen LogP contribution in [0.2, 0.25) is 0 Å². The Balaban J connectivity index is 1.43. The quantitative estimate of drug-likeness (QED) is 0.873. The number of thiophene rings is 1. The lowest BCUT2D eigenvalue weighted by Crippen LogP contribution is -2.44. The molecular formula is C18H25N3O2S. The molecule has 2 aromatic heterocycles. The van der Waals surface area contributed by atoms with Gasteiger partial charge in [0.25, 0.3) is 0 Å². The minimum absolute atomic E-state index is 0.0927. The van der Waals surface area contributed by atoms with Gasteiger partial charge in [0, 0.05) is 42.5 Å². The van der Waals surface area contributed by atoms with Crippen molar-refractivity contribution >= 4 is 17.2 Å². The highest BCUT2D eigenvalue weighted by Crippen LogP contribution is 2.25. The Morgan fingerprint density at radius 3 is 3.08 bits per heavy atom. The van der Waals surface area contributed by atoms with Gasteiger partial charge in [0.2, 0.25) is 5.91 Å². The summed E-state index contributed by atoms with van der Waals surface area (Å²) in [5, 5.41) is 9.18. The van der Waals surface area contributed by atoms with Crippen molar-refractivity contribution in [1.82, 2.24) is 15.4 Å². The Morgan fingerprint density at radius 2 is 2.33 bits per heavy atom. The van der Waals surface area contributed by atoms with Crippen LogP contribution in [0.5, 0.6) is 0 Å². The van der Waals surface area contributed by atoms with Crippen LogP contribution in [0.15, 0.2) is 16.0 Å². The summed E-state index contributed by atoms with van der Waals surface area (Å²) in [7, 11) is 0. The molecule has 0 spiro atoms. The van der Waals surface area contributed by atoms with Crippen molar-refractivity contribution in [3.63, 3.8) is 0 Å². The number of hydrogen-bond donors (Lipinski definition) is 1. The van der Waals surface area contributed by atoms with Crippen molar-refractivity contribution in [2.75, 3.05) is 13.1 Å². The second-order valence-electron chi connectivity index (χ2n) is 6.55. The van der Waals surface area contributed by atoms with Crippen LogP contribution in [0, 0.1) is 13.8 Å². The number of amides is 1. The van der Waals surface area contributed by atoms with Crippen molar-refractivity contribution in [3.05, 3.63) is 38.9 Å². The van der Waals surface area contributed by atoms with Gasteiger partial charge in [-0.3, -0.25) is 9.69 Å². The van der Waals surface area contributed by atoms with Gasteiger partial charge in [-0.2, -0.15) is 0 Å². The van der Waals surface area contributed by atoms with Gasteiger partial charge in [0.1, 0.15) is 5.76 Å². The Labute approximate surface area is 147 Å². The number of aromatic nitrogens is 1. The van der Waals surface area contributed by atoms with Gasteiger partial charge in [-0.1, -0.05) is 5.16 Å². The molecule has 1 atom stereocenters. The topological polar surface area (TPSA) is 58.4 Å². The largest absolute Gasteiger partial charge is 0.361 e. The molecule has 1 aliphatic heterocycles. The molecule has 6 heteroatoms. The van der Waals surface area contributed by atoms with E-state index in [1.165, 1.54) is 10.4 Å². The van der Waals surface area contributed by atoms with Crippen LogP contribution in [0.25, 0.3) is 0 Å². The van der Waals surface area contributed by atoms with Crippen LogP contribution in [0.4, 0.5) is 0 Å². The SMILES string of the molecule is Cc1noc(C)c1CCC(=O)NC[C@H](C)N1CCc2sccc2C1. The van der Waals surface area contributed by atoms with E-state index in [-0.39, 0.29) is 5.91 Å². The standard InChI is InChI=1S/C18H25N3O2S/c1-12(21-8-6-17-15(11-21)7-9-24-17)10-19-18(22)5-4-16-13(2)20-23-14(16)3/h7,9,12H,4-6,8,10-11H2,1-3H3,(H,19,22)/t12-/m0/s1. The number of aryl methyl sites for hydroxylation is 2. The first kappa shape index (κ1) is 17.2. The van der Waals surface area contributed by atoms with Gasteiger partial charge in [0.05, 0.1) is 5.69 Å². The van der Waals surface area contributed by atoms with Gasteiger partial charge in [-0.25, -0.2) is 0 Å². The van der Waals surface area contributed by atoms with Crippen LogP contribution in [0.1, 0.15) is 40.8 Å². The summed E-state index contributed by atoms with van der Waals surface area (Å²) in [6.07, 6.45) is 2.28. The average Bonchev–Trinajstić information content (AvgIpc) is 3.17. The molecule has 0 saturated carbocycles. The molecule has 0 unspecified atom stereocenters. The number of nitrogens with one attached hydrogen (secondary N) is 1. The van der Waals surface area contributed by atoms with Crippen molar-refractivity contribution in [3.8, 4) is 0 Å². The number of fused-ring (bicyclic) bond motifs is 1. The van der Waals surface area contributed by atoms with Gasteiger partial charge in [-0.15, -0.1) is 11.3 Å². The lowest BCUT2D eigenvalue weighted by molar-refractivity contribution is -0.121. The van der Waals surface area contributed by atoms with E-state index in [2.05, 4.69) is 33.7 Å². The van der Waals surface area contributed by atoms with E-state index in [4.69, 9.17) is 4.52 Å². The van der Waals surface area contributed by atoms with E-state index < -0.39 is 0 Å². The molecular weight excluding hydrogens is 322 g/mol. The fourth-order valence-corrected chi connectivity index (χ4v) is 4.11. The maximum atomic E-state index is 12.1. The number of hydrogen-bond acceptors (Lipinski definition) is 5. The van der Waals surface area contributed by atoms with E-state index >= 15 is 0 Å². The second kappa shape index (κ2) is 7.49. The number of carbonyl (C=O) groups is 1. The van der Waals surface area contributed by atoms with Gasteiger partial charge in [0.15, 0.2) is 0 Å². The first-order valence-electron chi connectivity index (χ1n) is 8.52. The monoisotopic (exact) mass is 347 g/mol. The predicted octanol–water partition coefficient (Wildman–Crippen LogP) is 2.85. The highest BCUT2D eigenvalue weighted by molar-refractivity contribution is 7.10. The fraction of sp³-hybridized carbons (Fsp3) is 0.556. The summed E-state index contributed by atoms with van der Waals surface area (Å²) in [4.78, 5) is 16.1. The molecule has 0 saturated heterocycles. The van der Waals surface area contributed by atoms with E-state index in [0.29, 0.717) is 25.4 Å². The lowest BCUT2D eigenvalue weighted by Gasteiger charge is -2.32. The van der Waals surface area contributed by atoms with Gasteiger partial charge >= 0.3 is 0 Å². The van der Waals surface area contributed by atoms with Crippen molar-refractivity contribution in [1.29, 1.82) is 0 Å². The Morgan fingerprint density at radius 1 is 1.50 bits per heavy atom. The zero-order valence-electron chi connectivity index (χ0n) is 14.6. The molecule has 1 aliphatic rings. The first-order chi connectivity index (χ1) is 11.5. The molecule has 5 nitrogen and oxygen atoms in total. The first-order valence-corrected chi connectivity index (χ1v) is 9.40. The summed E-state index contributed by atoms with van der Waals surface area (Å²) in [5.41, 5.74) is 3.38. The third-order valence-electron chi connectivity index (χ3n) is 4.84. The molecule has 0 aliphatic carbocycles. The third-order valence-corrected chi connectivity index (χ3v) is 5.86. The van der Waals surface area contributed by atoms with E-state index in [1.54, 1.807) is 0 Å². The zero-order chi connectivity index (χ0) is 17.1. The number of rotatable bonds is 6. The molecule has 3 heterocycles. The van der Waals surface area contributed by atoms with Crippen LogP contribution in [-0.4, -0.2) is 35.1 Å². The number of nitrogens with zero attached hydrogens (tertiary/aromatic N) is 2.